The zero-order chi connectivity index (χ0) is 21.3. The first-order valence-corrected chi connectivity index (χ1v) is 10.6. The minimum Gasteiger partial charge on any atom is -0.485 e. The summed E-state index contributed by atoms with van der Waals surface area (Å²) in [5.41, 5.74) is 2.54. The minimum atomic E-state index is -0.491. The molecule has 3 aromatic rings. The number of fused-ring (bicyclic) bond motifs is 1. The predicted octanol–water partition coefficient (Wildman–Crippen LogP) is 3.51. The molecule has 0 fully saturated rings. The van der Waals surface area contributed by atoms with E-state index in [0.717, 1.165) is 11.1 Å². The molecule has 0 saturated carbocycles. The van der Waals surface area contributed by atoms with Gasteiger partial charge >= 0.3 is 0 Å². The first-order valence-electron chi connectivity index (χ1n) is 9.20. The molecule has 1 atom stereocenters. The molecule has 2 aromatic carbocycles. The van der Waals surface area contributed by atoms with Crippen LogP contribution in [0.15, 0.2) is 41.6 Å². The molecule has 0 spiro atoms. The number of thioether (sulfide) groups is 1. The summed E-state index contributed by atoms with van der Waals surface area (Å²) < 4.78 is 12.9. The molecule has 4 rings (SSSR count). The monoisotopic (exact) mass is 445 g/mol. The molecule has 1 amide bonds. The Morgan fingerprint density at radius 3 is 2.83 bits per heavy atom. The Morgan fingerprint density at radius 1 is 1.30 bits per heavy atom. The van der Waals surface area contributed by atoms with Crippen molar-refractivity contribution in [1.29, 1.82) is 0 Å². The molecule has 0 aliphatic carbocycles. The van der Waals surface area contributed by atoms with Crippen LogP contribution in [0.1, 0.15) is 23.1 Å². The largest absolute Gasteiger partial charge is 0.485 e. The van der Waals surface area contributed by atoms with Crippen LogP contribution < -0.4 is 20.6 Å². The number of nitrogens with one attached hydrogen (secondary N) is 1. The zero-order valence-corrected chi connectivity index (χ0v) is 18.0. The second-order valence-corrected chi connectivity index (χ2v) is 8.20. The summed E-state index contributed by atoms with van der Waals surface area (Å²) >= 11 is 7.43. The summed E-state index contributed by atoms with van der Waals surface area (Å²) in [6.07, 6.45) is -0.491. The smallest absolute Gasteiger partial charge is 0.234 e. The van der Waals surface area contributed by atoms with Crippen molar-refractivity contribution in [2.75, 3.05) is 23.5 Å². The zero-order valence-electron chi connectivity index (χ0n) is 16.4. The molecule has 1 aliphatic heterocycles. The fourth-order valence-electron chi connectivity index (χ4n) is 3.13. The third kappa shape index (κ3) is 4.17. The second kappa shape index (κ2) is 8.45. The van der Waals surface area contributed by atoms with Crippen LogP contribution in [0, 0.1) is 13.8 Å². The lowest BCUT2D eigenvalue weighted by atomic mass is 10.1. The number of hydrogen-bond donors (Lipinski definition) is 2. The summed E-state index contributed by atoms with van der Waals surface area (Å²) in [6, 6.07) is 11.2. The maximum atomic E-state index is 12.4. The number of nitrogens with zero attached hydrogens (tertiary/aromatic N) is 3. The van der Waals surface area contributed by atoms with E-state index >= 15 is 0 Å². The van der Waals surface area contributed by atoms with E-state index in [0.29, 0.717) is 33.2 Å². The quantitative estimate of drug-likeness (QED) is 0.457. The molecule has 3 N–H and O–H groups in total. The van der Waals surface area contributed by atoms with Gasteiger partial charge < -0.3 is 20.6 Å². The van der Waals surface area contributed by atoms with E-state index in [1.807, 2.05) is 50.2 Å². The van der Waals surface area contributed by atoms with Crippen molar-refractivity contribution in [1.82, 2.24) is 14.9 Å². The van der Waals surface area contributed by atoms with Crippen LogP contribution >= 0.6 is 23.4 Å². The van der Waals surface area contributed by atoms with E-state index in [1.54, 1.807) is 0 Å². The molecular formula is C20H20ClN5O3S. The molecule has 156 valence electrons. The van der Waals surface area contributed by atoms with E-state index < -0.39 is 6.10 Å². The molecule has 1 aromatic heterocycles. The van der Waals surface area contributed by atoms with Gasteiger partial charge in [-0.05, 0) is 43.2 Å². The van der Waals surface area contributed by atoms with E-state index in [2.05, 4.69) is 15.5 Å². The Hall–Kier alpha value is -2.91. The molecule has 0 unspecified atom stereocenters. The number of aromatic nitrogens is 3. The molecule has 30 heavy (non-hydrogen) atoms. The third-order valence-corrected chi connectivity index (χ3v) is 5.76. The number of anilines is 1. The van der Waals surface area contributed by atoms with Gasteiger partial charge in [0.25, 0.3) is 0 Å². The Labute approximate surface area is 182 Å². The second-order valence-electron chi connectivity index (χ2n) is 6.85. The van der Waals surface area contributed by atoms with Crippen LogP contribution in [-0.2, 0) is 4.79 Å². The van der Waals surface area contributed by atoms with Gasteiger partial charge in [-0.15, -0.1) is 10.2 Å². The summed E-state index contributed by atoms with van der Waals surface area (Å²) in [7, 11) is 0. The van der Waals surface area contributed by atoms with Crippen molar-refractivity contribution >= 4 is 35.0 Å². The summed E-state index contributed by atoms with van der Waals surface area (Å²) in [4.78, 5) is 12.4. The maximum absolute atomic E-state index is 12.4. The van der Waals surface area contributed by atoms with E-state index in [4.69, 9.17) is 26.9 Å². The average molecular weight is 446 g/mol. The van der Waals surface area contributed by atoms with Crippen molar-refractivity contribution in [2.45, 2.75) is 25.1 Å². The van der Waals surface area contributed by atoms with Gasteiger partial charge in [-0.1, -0.05) is 41.6 Å². The van der Waals surface area contributed by atoms with Crippen LogP contribution in [0.4, 0.5) is 5.69 Å². The van der Waals surface area contributed by atoms with Crippen LogP contribution in [0.5, 0.6) is 11.5 Å². The normalized spacial score (nSPS) is 15.1. The number of carbonyl (C=O) groups excluding carboxylic acids is 1. The lowest BCUT2D eigenvalue weighted by Crippen LogP contribution is -2.27. The molecular weight excluding hydrogens is 426 g/mol. The fraction of sp³-hybridized carbons (Fsp3) is 0.250. The molecule has 0 radical (unpaired) electrons. The topological polar surface area (TPSA) is 104 Å². The fourth-order valence-corrected chi connectivity index (χ4v) is 4.16. The number of para-hydroxylation sites is 2. The van der Waals surface area contributed by atoms with Gasteiger partial charge in [0.05, 0.1) is 16.5 Å². The lowest BCUT2D eigenvalue weighted by molar-refractivity contribution is -0.113. The van der Waals surface area contributed by atoms with Gasteiger partial charge in [-0.2, -0.15) is 0 Å². The Balaban J connectivity index is 1.40. The highest BCUT2D eigenvalue weighted by Gasteiger charge is 2.28. The van der Waals surface area contributed by atoms with Crippen molar-refractivity contribution in [3.63, 3.8) is 0 Å². The molecule has 10 heteroatoms. The van der Waals surface area contributed by atoms with Crippen molar-refractivity contribution in [3.8, 4) is 11.5 Å². The van der Waals surface area contributed by atoms with Crippen molar-refractivity contribution in [3.05, 3.63) is 58.4 Å². The van der Waals surface area contributed by atoms with Crippen LogP contribution in [0.3, 0.4) is 0 Å². The number of halogens is 1. The molecule has 2 heterocycles. The number of rotatable bonds is 5. The summed E-state index contributed by atoms with van der Waals surface area (Å²) in [6.45, 7) is 4.11. The number of ether oxygens (including phenoxy) is 2. The first kappa shape index (κ1) is 20.4. The SMILES string of the molecule is Cc1cc(C)c(NC(=O)CSc2nnc([C@H]3COc4ccccc4O3)n2N)c(Cl)c1. The summed E-state index contributed by atoms with van der Waals surface area (Å²) in [5.74, 6) is 7.74. The van der Waals surface area contributed by atoms with E-state index in [1.165, 1.54) is 16.4 Å². The number of amides is 1. The van der Waals surface area contributed by atoms with Crippen LogP contribution in [-0.4, -0.2) is 33.1 Å². The number of benzene rings is 2. The molecule has 0 bridgehead atoms. The highest BCUT2D eigenvalue weighted by atomic mass is 35.5. The average Bonchev–Trinajstić information content (AvgIpc) is 3.09. The van der Waals surface area contributed by atoms with Gasteiger partial charge in [0.2, 0.25) is 11.1 Å². The van der Waals surface area contributed by atoms with Crippen molar-refractivity contribution in [2.24, 2.45) is 0 Å². The lowest BCUT2D eigenvalue weighted by Gasteiger charge is -2.25. The number of carbonyl (C=O) groups is 1. The van der Waals surface area contributed by atoms with Gasteiger partial charge in [-0.3, -0.25) is 4.79 Å². The molecule has 1 aliphatic rings. The maximum Gasteiger partial charge on any atom is 0.234 e. The Morgan fingerprint density at radius 2 is 2.07 bits per heavy atom. The van der Waals surface area contributed by atoms with Gasteiger partial charge in [0, 0.05) is 0 Å². The predicted molar refractivity (Wildman–Crippen MR) is 116 cm³/mol. The minimum absolute atomic E-state index is 0.101. The molecule has 0 saturated heterocycles. The highest BCUT2D eigenvalue weighted by molar-refractivity contribution is 7.99. The number of nitrogen functional groups attached to an aromatic ring is 1. The number of nitrogens with two attached hydrogens (primary N) is 1. The van der Waals surface area contributed by atoms with Crippen LogP contribution in [0.2, 0.25) is 5.02 Å². The first-order chi connectivity index (χ1) is 14.4. The van der Waals surface area contributed by atoms with E-state index in [-0.39, 0.29) is 18.3 Å². The Bertz CT molecular complexity index is 1080. The summed E-state index contributed by atoms with van der Waals surface area (Å²) in [5, 5.41) is 11.9. The molecule has 8 nitrogen and oxygen atoms in total. The number of hydrogen-bond acceptors (Lipinski definition) is 7. The van der Waals surface area contributed by atoms with Gasteiger partial charge in [0.15, 0.2) is 23.4 Å². The standard InChI is InChI=1S/C20H20ClN5O3S/c1-11-7-12(2)18(13(21)8-11)23-17(27)10-30-20-25-24-19(26(20)22)16-9-28-14-5-3-4-6-15(14)29-16/h3-8,16H,9-10,22H2,1-2H3,(H,23,27)/t16-/m1/s1. The number of aryl methyl sites for hydroxylation is 2. The van der Waals surface area contributed by atoms with Crippen LogP contribution in [0.25, 0.3) is 0 Å². The highest BCUT2D eigenvalue weighted by Crippen LogP contribution is 2.35. The van der Waals surface area contributed by atoms with Gasteiger partial charge in [-0.25, -0.2) is 4.68 Å². The van der Waals surface area contributed by atoms with Crippen molar-refractivity contribution < 1.29 is 14.3 Å². The third-order valence-electron chi connectivity index (χ3n) is 4.52. The van der Waals surface area contributed by atoms with E-state index in [9.17, 15) is 4.79 Å². The van der Waals surface area contributed by atoms with Gasteiger partial charge in [0.1, 0.15) is 6.61 Å². The Kier molecular flexibility index (Phi) is 5.74.